The Balaban J connectivity index is 1.92. The van der Waals surface area contributed by atoms with Gasteiger partial charge in [0.05, 0.1) is 13.1 Å². The SMILES string of the molecule is CCC[C@H](NC(=O)[C@@H](C)[NH+](C)CC(=O)Nc1cccc(F)c1)c1ccccc1. The molecule has 2 amide bonds. The van der Waals surface area contributed by atoms with Crippen LogP contribution in [0.25, 0.3) is 0 Å². The Morgan fingerprint density at radius 2 is 1.82 bits per heavy atom. The summed E-state index contributed by atoms with van der Waals surface area (Å²) in [5.41, 5.74) is 1.48. The summed E-state index contributed by atoms with van der Waals surface area (Å²) in [4.78, 5) is 25.7. The van der Waals surface area contributed by atoms with Gasteiger partial charge in [-0.05, 0) is 37.1 Å². The monoisotopic (exact) mass is 386 g/mol. The molecule has 0 aliphatic heterocycles. The molecule has 0 bridgehead atoms. The maximum atomic E-state index is 13.2. The molecule has 2 aromatic rings. The molecular formula is C22H29FN3O2+. The van der Waals surface area contributed by atoms with Gasteiger partial charge in [-0.25, -0.2) is 4.39 Å². The first kappa shape index (κ1) is 21.6. The van der Waals surface area contributed by atoms with E-state index in [0.717, 1.165) is 23.3 Å². The molecule has 0 aromatic heterocycles. The lowest BCUT2D eigenvalue weighted by Crippen LogP contribution is -3.15. The number of benzene rings is 2. The van der Waals surface area contributed by atoms with Crippen LogP contribution in [0.1, 0.15) is 38.3 Å². The minimum absolute atomic E-state index is 0.0462. The lowest BCUT2D eigenvalue weighted by molar-refractivity contribution is -0.885. The second-order valence-corrected chi connectivity index (χ2v) is 7.06. The highest BCUT2D eigenvalue weighted by atomic mass is 19.1. The van der Waals surface area contributed by atoms with E-state index in [2.05, 4.69) is 17.6 Å². The standard InChI is InChI=1S/C22H28FN3O2/c1-4-9-20(17-10-6-5-7-11-17)25-22(28)16(2)26(3)15-21(27)24-19-13-8-12-18(23)14-19/h5-8,10-14,16,20H,4,9,15H2,1-3H3,(H,24,27)(H,25,28)/p+1/t16-,20+/m1/s1. The van der Waals surface area contributed by atoms with Crippen LogP contribution in [-0.2, 0) is 9.59 Å². The summed E-state index contributed by atoms with van der Waals surface area (Å²) in [5, 5.41) is 5.77. The Bertz CT molecular complexity index is 782. The van der Waals surface area contributed by atoms with Crippen LogP contribution in [0, 0.1) is 5.82 Å². The quantitative estimate of drug-likeness (QED) is 0.619. The van der Waals surface area contributed by atoms with Crippen LogP contribution in [0.2, 0.25) is 0 Å². The van der Waals surface area contributed by atoms with E-state index in [1.807, 2.05) is 30.3 Å². The number of quaternary nitrogens is 1. The Kier molecular flexibility index (Phi) is 8.14. The third-order valence-electron chi connectivity index (χ3n) is 4.78. The molecule has 0 spiro atoms. The van der Waals surface area contributed by atoms with E-state index >= 15 is 0 Å². The molecule has 0 saturated heterocycles. The smallest absolute Gasteiger partial charge is 0.279 e. The van der Waals surface area contributed by atoms with Crippen molar-refractivity contribution in [3.05, 3.63) is 66.0 Å². The van der Waals surface area contributed by atoms with Crippen LogP contribution in [0.5, 0.6) is 0 Å². The third kappa shape index (κ3) is 6.46. The second kappa shape index (κ2) is 10.6. The summed E-state index contributed by atoms with van der Waals surface area (Å²) < 4.78 is 13.2. The van der Waals surface area contributed by atoms with Crippen LogP contribution >= 0.6 is 0 Å². The highest BCUT2D eigenvalue weighted by molar-refractivity contribution is 5.91. The largest absolute Gasteiger partial charge is 0.344 e. The molecule has 3 N–H and O–H groups in total. The minimum atomic E-state index is -0.408. The first-order valence-electron chi connectivity index (χ1n) is 9.63. The summed E-state index contributed by atoms with van der Waals surface area (Å²) in [6, 6.07) is 15.2. The molecule has 0 fully saturated rings. The van der Waals surface area contributed by atoms with E-state index in [0.29, 0.717) is 5.69 Å². The number of amides is 2. The van der Waals surface area contributed by atoms with Crippen molar-refractivity contribution < 1.29 is 18.9 Å². The molecule has 1 unspecified atom stereocenters. The molecule has 28 heavy (non-hydrogen) atoms. The van der Waals surface area contributed by atoms with Gasteiger partial charge < -0.3 is 15.5 Å². The Hall–Kier alpha value is -2.73. The van der Waals surface area contributed by atoms with Gasteiger partial charge in [0.25, 0.3) is 11.8 Å². The number of halogens is 1. The first-order valence-corrected chi connectivity index (χ1v) is 9.63. The van der Waals surface area contributed by atoms with Crippen LogP contribution in [0.15, 0.2) is 54.6 Å². The van der Waals surface area contributed by atoms with Crippen LogP contribution in [0.4, 0.5) is 10.1 Å². The van der Waals surface area contributed by atoms with Crippen LogP contribution < -0.4 is 15.5 Å². The number of anilines is 1. The van der Waals surface area contributed by atoms with Gasteiger partial charge in [-0.1, -0.05) is 49.7 Å². The van der Waals surface area contributed by atoms with Crippen molar-refractivity contribution >= 4 is 17.5 Å². The fourth-order valence-corrected chi connectivity index (χ4v) is 2.99. The molecule has 2 rings (SSSR count). The maximum Gasteiger partial charge on any atom is 0.279 e. The fraction of sp³-hybridized carbons (Fsp3) is 0.364. The van der Waals surface area contributed by atoms with E-state index < -0.39 is 11.9 Å². The molecule has 0 aliphatic carbocycles. The third-order valence-corrected chi connectivity index (χ3v) is 4.78. The van der Waals surface area contributed by atoms with Gasteiger partial charge in [-0.15, -0.1) is 0 Å². The lowest BCUT2D eigenvalue weighted by atomic mass is 10.0. The lowest BCUT2D eigenvalue weighted by Gasteiger charge is -2.24. The second-order valence-electron chi connectivity index (χ2n) is 7.06. The van der Waals surface area contributed by atoms with E-state index in [-0.39, 0.29) is 24.4 Å². The molecule has 0 aliphatic rings. The summed E-state index contributed by atoms with van der Waals surface area (Å²) in [7, 11) is 1.80. The number of carbonyl (C=O) groups excluding carboxylic acids is 2. The van der Waals surface area contributed by atoms with Crippen molar-refractivity contribution in [1.29, 1.82) is 0 Å². The average molecular weight is 386 g/mol. The summed E-state index contributed by atoms with van der Waals surface area (Å²) in [5.74, 6) is -0.775. The molecular weight excluding hydrogens is 357 g/mol. The number of carbonyl (C=O) groups is 2. The number of hydrogen-bond donors (Lipinski definition) is 3. The Morgan fingerprint density at radius 3 is 2.46 bits per heavy atom. The minimum Gasteiger partial charge on any atom is -0.344 e. The van der Waals surface area contributed by atoms with E-state index in [9.17, 15) is 14.0 Å². The molecule has 0 saturated carbocycles. The van der Waals surface area contributed by atoms with Gasteiger partial charge in [-0.2, -0.15) is 0 Å². The maximum absolute atomic E-state index is 13.2. The van der Waals surface area contributed by atoms with Crippen LogP contribution in [-0.4, -0.2) is 31.4 Å². The Labute approximate surface area is 165 Å². The van der Waals surface area contributed by atoms with Crippen molar-refractivity contribution in [2.24, 2.45) is 0 Å². The molecule has 2 aromatic carbocycles. The van der Waals surface area contributed by atoms with E-state index in [4.69, 9.17) is 0 Å². The molecule has 3 atom stereocenters. The van der Waals surface area contributed by atoms with E-state index in [1.165, 1.54) is 18.2 Å². The molecule has 150 valence electrons. The summed E-state index contributed by atoms with van der Waals surface area (Å²) >= 11 is 0. The van der Waals surface area contributed by atoms with Gasteiger partial charge in [0.1, 0.15) is 5.82 Å². The van der Waals surface area contributed by atoms with Crippen molar-refractivity contribution in [2.45, 2.75) is 38.8 Å². The average Bonchev–Trinajstić information content (AvgIpc) is 2.67. The van der Waals surface area contributed by atoms with Crippen molar-refractivity contribution in [3.8, 4) is 0 Å². The molecule has 0 heterocycles. The highest BCUT2D eigenvalue weighted by Crippen LogP contribution is 2.18. The van der Waals surface area contributed by atoms with Crippen molar-refractivity contribution in [1.82, 2.24) is 5.32 Å². The van der Waals surface area contributed by atoms with Crippen molar-refractivity contribution in [2.75, 3.05) is 18.9 Å². The fourth-order valence-electron chi connectivity index (χ4n) is 2.99. The van der Waals surface area contributed by atoms with Gasteiger partial charge >= 0.3 is 0 Å². The highest BCUT2D eigenvalue weighted by Gasteiger charge is 2.26. The van der Waals surface area contributed by atoms with Gasteiger partial charge in [0.2, 0.25) is 0 Å². The predicted octanol–water partition coefficient (Wildman–Crippen LogP) is 2.33. The molecule has 6 heteroatoms. The van der Waals surface area contributed by atoms with Crippen LogP contribution in [0.3, 0.4) is 0 Å². The summed E-state index contributed by atoms with van der Waals surface area (Å²) in [6.07, 6.45) is 1.80. The zero-order chi connectivity index (χ0) is 20.5. The van der Waals surface area contributed by atoms with Crippen molar-refractivity contribution in [3.63, 3.8) is 0 Å². The van der Waals surface area contributed by atoms with Gasteiger partial charge in [0.15, 0.2) is 12.6 Å². The zero-order valence-electron chi connectivity index (χ0n) is 16.7. The first-order chi connectivity index (χ1) is 13.4. The predicted molar refractivity (Wildman–Crippen MR) is 108 cm³/mol. The topological polar surface area (TPSA) is 62.6 Å². The Morgan fingerprint density at radius 1 is 1.11 bits per heavy atom. The molecule has 0 radical (unpaired) electrons. The number of likely N-dealkylation sites (N-methyl/N-ethyl adjacent to an activating group) is 1. The number of hydrogen-bond acceptors (Lipinski definition) is 2. The van der Waals surface area contributed by atoms with Gasteiger partial charge in [0, 0.05) is 5.69 Å². The molecule has 5 nitrogen and oxygen atoms in total. The van der Waals surface area contributed by atoms with Gasteiger partial charge in [-0.3, -0.25) is 9.59 Å². The van der Waals surface area contributed by atoms with E-state index in [1.54, 1.807) is 20.0 Å². The normalized spacial score (nSPS) is 14.0. The number of rotatable bonds is 9. The zero-order valence-corrected chi connectivity index (χ0v) is 16.7. The summed E-state index contributed by atoms with van der Waals surface area (Å²) in [6.45, 7) is 3.99. The number of nitrogens with one attached hydrogen (secondary N) is 3.